The maximum atomic E-state index is 12.5. The predicted molar refractivity (Wildman–Crippen MR) is 96.9 cm³/mol. The second-order valence-electron chi connectivity index (χ2n) is 7.68. The fraction of sp³-hybridized carbons (Fsp3) is 0.889. The lowest BCUT2D eigenvalue weighted by atomic mass is 9.93. The van der Waals surface area contributed by atoms with Crippen LogP contribution in [0, 0.1) is 11.8 Å². The average molecular weight is 358 g/mol. The highest BCUT2D eigenvalue weighted by molar-refractivity contribution is 5.85. The van der Waals surface area contributed by atoms with Crippen LogP contribution in [-0.2, 0) is 9.59 Å². The third kappa shape index (κ3) is 4.85. The van der Waals surface area contributed by atoms with E-state index in [1.807, 2.05) is 9.80 Å². The van der Waals surface area contributed by atoms with Gasteiger partial charge in [0.2, 0.25) is 11.8 Å². The van der Waals surface area contributed by atoms with Gasteiger partial charge in [-0.3, -0.25) is 9.59 Å². The molecule has 0 unspecified atom stereocenters. The van der Waals surface area contributed by atoms with Crippen LogP contribution in [0.4, 0.5) is 0 Å². The molecule has 0 bridgehead atoms. The van der Waals surface area contributed by atoms with Gasteiger partial charge in [-0.2, -0.15) is 0 Å². The van der Waals surface area contributed by atoms with Crippen LogP contribution in [0.1, 0.15) is 57.8 Å². The van der Waals surface area contributed by atoms with Crippen molar-refractivity contribution in [3.8, 4) is 0 Å². The molecular formula is C18H32ClN3O2. The number of carbonyl (C=O) groups is 2. The smallest absolute Gasteiger partial charge is 0.222 e. The van der Waals surface area contributed by atoms with Crippen molar-refractivity contribution in [2.75, 3.05) is 26.2 Å². The molecule has 0 radical (unpaired) electrons. The molecule has 0 spiro atoms. The number of likely N-dealkylation sites (tertiary alicyclic amines) is 2. The summed E-state index contributed by atoms with van der Waals surface area (Å²) in [6.45, 7) is 3.53. The number of hydrogen-bond acceptors (Lipinski definition) is 3. The van der Waals surface area contributed by atoms with Crippen molar-refractivity contribution in [3.05, 3.63) is 0 Å². The van der Waals surface area contributed by atoms with Crippen LogP contribution in [0.3, 0.4) is 0 Å². The predicted octanol–water partition coefficient (Wildman–Crippen LogP) is 2.18. The highest BCUT2D eigenvalue weighted by Crippen LogP contribution is 2.28. The Morgan fingerprint density at radius 1 is 1.04 bits per heavy atom. The van der Waals surface area contributed by atoms with Crippen LogP contribution >= 0.6 is 12.4 Å². The first-order valence-corrected chi connectivity index (χ1v) is 9.44. The zero-order valence-corrected chi connectivity index (χ0v) is 15.4. The molecule has 5 nitrogen and oxygen atoms in total. The first kappa shape index (κ1) is 19.5. The Morgan fingerprint density at radius 2 is 1.79 bits per heavy atom. The Hall–Kier alpha value is -0.810. The van der Waals surface area contributed by atoms with Gasteiger partial charge in [-0.15, -0.1) is 12.4 Å². The first-order chi connectivity index (χ1) is 11.1. The van der Waals surface area contributed by atoms with E-state index in [0.29, 0.717) is 30.1 Å². The summed E-state index contributed by atoms with van der Waals surface area (Å²) in [5.74, 6) is 1.57. The molecule has 2 heterocycles. The minimum absolute atomic E-state index is 0. The summed E-state index contributed by atoms with van der Waals surface area (Å²) in [6, 6.07) is 0.224. The number of halogens is 1. The van der Waals surface area contributed by atoms with E-state index in [4.69, 9.17) is 5.73 Å². The summed E-state index contributed by atoms with van der Waals surface area (Å²) >= 11 is 0. The largest absolute Gasteiger partial charge is 0.343 e. The Bertz CT molecular complexity index is 438. The van der Waals surface area contributed by atoms with Gasteiger partial charge >= 0.3 is 0 Å². The summed E-state index contributed by atoms with van der Waals surface area (Å²) in [4.78, 5) is 28.4. The van der Waals surface area contributed by atoms with Crippen molar-refractivity contribution in [1.82, 2.24) is 9.80 Å². The molecule has 2 amide bonds. The van der Waals surface area contributed by atoms with E-state index in [2.05, 4.69) is 0 Å². The van der Waals surface area contributed by atoms with Crippen molar-refractivity contribution in [1.29, 1.82) is 0 Å². The molecule has 3 rings (SSSR count). The number of nitrogens with zero attached hydrogens (tertiary/aromatic N) is 2. The summed E-state index contributed by atoms with van der Waals surface area (Å²) in [5.41, 5.74) is 6.09. The third-order valence-electron chi connectivity index (χ3n) is 6.02. The average Bonchev–Trinajstić information content (AvgIpc) is 2.95. The van der Waals surface area contributed by atoms with Gasteiger partial charge in [0.05, 0.1) is 0 Å². The maximum absolute atomic E-state index is 12.5. The summed E-state index contributed by atoms with van der Waals surface area (Å²) in [5, 5.41) is 0. The van der Waals surface area contributed by atoms with Crippen LogP contribution in [0.5, 0.6) is 0 Å². The zero-order valence-electron chi connectivity index (χ0n) is 14.6. The Kier molecular flexibility index (Phi) is 7.35. The van der Waals surface area contributed by atoms with Gasteiger partial charge in [0.15, 0.2) is 0 Å². The Morgan fingerprint density at radius 3 is 2.42 bits per heavy atom. The van der Waals surface area contributed by atoms with Crippen molar-refractivity contribution >= 4 is 24.2 Å². The summed E-state index contributed by atoms with van der Waals surface area (Å²) in [6.07, 6.45) is 8.97. The molecule has 6 heteroatoms. The van der Waals surface area contributed by atoms with Gasteiger partial charge in [-0.05, 0) is 50.4 Å². The van der Waals surface area contributed by atoms with Crippen molar-refractivity contribution in [3.63, 3.8) is 0 Å². The molecule has 138 valence electrons. The van der Waals surface area contributed by atoms with E-state index >= 15 is 0 Å². The number of nitrogens with two attached hydrogens (primary N) is 1. The van der Waals surface area contributed by atoms with E-state index in [9.17, 15) is 9.59 Å². The molecule has 2 N–H and O–H groups in total. The monoisotopic (exact) mass is 357 g/mol. The zero-order chi connectivity index (χ0) is 16.2. The van der Waals surface area contributed by atoms with Gasteiger partial charge in [0.25, 0.3) is 0 Å². The van der Waals surface area contributed by atoms with Crippen molar-refractivity contribution in [2.45, 2.75) is 63.8 Å². The molecule has 3 fully saturated rings. The fourth-order valence-corrected chi connectivity index (χ4v) is 4.40. The molecule has 2 atom stereocenters. The first-order valence-electron chi connectivity index (χ1n) is 9.44. The lowest BCUT2D eigenvalue weighted by molar-refractivity contribution is -0.136. The molecule has 2 saturated heterocycles. The molecule has 3 aliphatic rings. The van der Waals surface area contributed by atoms with Crippen LogP contribution in [-0.4, -0.2) is 53.8 Å². The normalized spacial score (nSPS) is 28.8. The molecule has 1 aliphatic carbocycles. The second-order valence-corrected chi connectivity index (χ2v) is 7.68. The molecule has 0 aromatic carbocycles. The molecule has 1 saturated carbocycles. The number of piperidine rings is 2. The molecule has 24 heavy (non-hydrogen) atoms. The van der Waals surface area contributed by atoms with Crippen molar-refractivity contribution < 1.29 is 9.59 Å². The Labute approximate surface area is 151 Å². The molecule has 0 aromatic rings. The number of rotatable bonds is 4. The third-order valence-corrected chi connectivity index (χ3v) is 6.02. The standard InChI is InChI=1S/C18H31N3O2.ClH/c19-16-5-3-4-15(16)12-18(23)20-10-7-14(8-11-20)13-21-9-2-1-6-17(21)22;/h14-16H,1-13,19H2;1H/t15-,16+;/m0./s1. The second kappa shape index (κ2) is 9.04. The highest BCUT2D eigenvalue weighted by atomic mass is 35.5. The SMILES string of the molecule is Cl.N[C@@H]1CCC[C@H]1CC(=O)N1CCC(CN2CCCCC2=O)CC1. The van der Waals surface area contributed by atoms with Gasteiger partial charge in [-0.25, -0.2) is 0 Å². The van der Waals surface area contributed by atoms with Crippen LogP contribution in [0.2, 0.25) is 0 Å². The lowest BCUT2D eigenvalue weighted by Gasteiger charge is -2.36. The van der Waals surface area contributed by atoms with E-state index in [0.717, 1.165) is 71.1 Å². The Balaban J connectivity index is 0.00000208. The lowest BCUT2D eigenvalue weighted by Crippen LogP contribution is -2.44. The number of carbonyl (C=O) groups excluding carboxylic acids is 2. The van der Waals surface area contributed by atoms with Crippen LogP contribution in [0.25, 0.3) is 0 Å². The van der Waals surface area contributed by atoms with Gasteiger partial charge < -0.3 is 15.5 Å². The highest BCUT2D eigenvalue weighted by Gasteiger charge is 2.30. The summed E-state index contributed by atoms with van der Waals surface area (Å²) in [7, 11) is 0. The topological polar surface area (TPSA) is 66.6 Å². The minimum Gasteiger partial charge on any atom is -0.343 e. The van der Waals surface area contributed by atoms with E-state index in [1.165, 1.54) is 6.42 Å². The number of hydrogen-bond donors (Lipinski definition) is 1. The fourth-order valence-electron chi connectivity index (χ4n) is 4.40. The van der Waals surface area contributed by atoms with E-state index < -0.39 is 0 Å². The van der Waals surface area contributed by atoms with Gasteiger partial charge in [0, 0.05) is 45.1 Å². The minimum atomic E-state index is 0. The van der Waals surface area contributed by atoms with Crippen LogP contribution < -0.4 is 5.73 Å². The quantitative estimate of drug-likeness (QED) is 0.838. The molecule has 0 aromatic heterocycles. The van der Waals surface area contributed by atoms with E-state index in [1.54, 1.807) is 0 Å². The van der Waals surface area contributed by atoms with E-state index in [-0.39, 0.29) is 18.4 Å². The van der Waals surface area contributed by atoms with Gasteiger partial charge in [0.1, 0.15) is 0 Å². The molecular weight excluding hydrogens is 326 g/mol. The van der Waals surface area contributed by atoms with Crippen molar-refractivity contribution in [2.24, 2.45) is 17.6 Å². The maximum Gasteiger partial charge on any atom is 0.222 e. The van der Waals surface area contributed by atoms with Gasteiger partial charge in [-0.1, -0.05) is 6.42 Å². The van der Waals surface area contributed by atoms with Crippen LogP contribution in [0.15, 0.2) is 0 Å². The number of amides is 2. The summed E-state index contributed by atoms with van der Waals surface area (Å²) < 4.78 is 0. The molecule has 2 aliphatic heterocycles.